The number of amides is 3. The number of guanidine groups is 1. The fourth-order valence-corrected chi connectivity index (χ4v) is 3.16. The van der Waals surface area contributed by atoms with Gasteiger partial charge in [0, 0.05) is 46.3 Å². The highest BCUT2D eigenvalue weighted by atomic mass is 127. The number of carbonyl (C=O) groups excluding carboxylic acids is 2. The summed E-state index contributed by atoms with van der Waals surface area (Å²) in [7, 11) is 1.69. The number of aliphatic imine (C=N–C) groups is 1. The van der Waals surface area contributed by atoms with Gasteiger partial charge in [-0.15, -0.1) is 24.0 Å². The quantitative estimate of drug-likeness (QED) is 0.281. The minimum absolute atomic E-state index is 0. The van der Waals surface area contributed by atoms with E-state index in [4.69, 9.17) is 0 Å². The van der Waals surface area contributed by atoms with Crippen LogP contribution in [0.3, 0.4) is 0 Å². The number of carbonyl (C=O) groups is 2. The zero-order chi connectivity index (χ0) is 18.5. The second kappa shape index (κ2) is 9.72. The Morgan fingerprint density at radius 2 is 1.93 bits per heavy atom. The molecule has 2 heterocycles. The Labute approximate surface area is 174 Å². The molecule has 0 aromatic heterocycles. The highest BCUT2D eigenvalue weighted by Crippen LogP contribution is 2.20. The number of anilines is 1. The first-order valence-corrected chi connectivity index (χ1v) is 8.63. The van der Waals surface area contributed by atoms with E-state index in [0.29, 0.717) is 50.9 Å². The van der Waals surface area contributed by atoms with Crippen LogP contribution in [0.1, 0.15) is 0 Å². The van der Waals surface area contributed by atoms with E-state index in [1.807, 2.05) is 11.0 Å². The van der Waals surface area contributed by atoms with Crippen LogP contribution >= 0.6 is 24.0 Å². The van der Waals surface area contributed by atoms with Crippen LogP contribution in [0.25, 0.3) is 0 Å². The molecule has 148 valence electrons. The molecule has 0 bridgehead atoms. The van der Waals surface area contributed by atoms with Gasteiger partial charge in [0.05, 0.1) is 12.2 Å². The zero-order valence-electron chi connectivity index (χ0n) is 15.2. The van der Waals surface area contributed by atoms with Gasteiger partial charge in [0.25, 0.3) is 0 Å². The Morgan fingerprint density at radius 3 is 2.52 bits per heavy atom. The number of hydrogen-bond acceptors (Lipinski definition) is 4. The summed E-state index contributed by atoms with van der Waals surface area (Å²) >= 11 is 0. The number of piperazine rings is 1. The van der Waals surface area contributed by atoms with Crippen LogP contribution in [0.15, 0.2) is 29.3 Å². The van der Waals surface area contributed by atoms with Crippen molar-refractivity contribution in [1.29, 1.82) is 0 Å². The number of urea groups is 1. The molecule has 0 spiro atoms. The monoisotopic (exact) mass is 490 g/mol. The van der Waals surface area contributed by atoms with Gasteiger partial charge in [0.2, 0.25) is 5.91 Å². The molecule has 0 radical (unpaired) electrons. The van der Waals surface area contributed by atoms with E-state index in [9.17, 15) is 14.0 Å². The third kappa shape index (κ3) is 4.99. The summed E-state index contributed by atoms with van der Waals surface area (Å²) < 4.78 is 13.9. The normalized spacial score (nSPS) is 17.7. The van der Waals surface area contributed by atoms with Crippen LogP contribution in [-0.4, -0.2) is 80.6 Å². The van der Waals surface area contributed by atoms with Gasteiger partial charge < -0.3 is 20.4 Å². The Morgan fingerprint density at radius 1 is 1.22 bits per heavy atom. The van der Waals surface area contributed by atoms with Gasteiger partial charge in [-0.2, -0.15) is 0 Å². The molecule has 3 rings (SSSR count). The van der Waals surface area contributed by atoms with Crippen LogP contribution in [-0.2, 0) is 4.79 Å². The number of halogens is 2. The molecule has 0 saturated carbocycles. The van der Waals surface area contributed by atoms with Crippen molar-refractivity contribution >= 4 is 47.6 Å². The molecule has 1 aromatic rings. The Hall–Kier alpha value is -2.11. The lowest BCUT2D eigenvalue weighted by molar-refractivity contribution is -0.124. The third-order valence-electron chi connectivity index (χ3n) is 4.54. The number of benzene rings is 1. The average molecular weight is 490 g/mol. The molecule has 0 unspecified atom stereocenters. The molecule has 2 N–H and O–H groups in total. The summed E-state index contributed by atoms with van der Waals surface area (Å²) in [6.45, 7) is 3.57. The second-order valence-corrected chi connectivity index (χ2v) is 6.10. The van der Waals surface area contributed by atoms with Gasteiger partial charge in [-0.1, -0.05) is 12.1 Å². The molecule has 0 atom stereocenters. The van der Waals surface area contributed by atoms with Gasteiger partial charge in [0.1, 0.15) is 5.82 Å². The highest BCUT2D eigenvalue weighted by molar-refractivity contribution is 14.0. The summed E-state index contributed by atoms with van der Waals surface area (Å²) in [5.74, 6) is 0.285. The maximum absolute atomic E-state index is 13.9. The number of rotatable bonds is 4. The van der Waals surface area contributed by atoms with Crippen molar-refractivity contribution in [2.45, 2.75) is 0 Å². The van der Waals surface area contributed by atoms with Crippen molar-refractivity contribution in [3.05, 3.63) is 30.1 Å². The maximum atomic E-state index is 13.9. The van der Waals surface area contributed by atoms with Crippen molar-refractivity contribution in [2.75, 3.05) is 57.8 Å². The summed E-state index contributed by atoms with van der Waals surface area (Å²) in [4.78, 5) is 32.6. The summed E-state index contributed by atoms with van der Waals surface area (Å²) in [5.41, 5.74) is 0.619. The summed E-state index contributed by atoms with van der Waals surface area (Å²) in [6.07, 6.45) is 0. The predicted octanol–water partition coefficient (Wildman–Crippen LogP) is 0.693. The van der Waals surface area contributed by atoms with Crippen molar-refractivity contribution in [2.24, 2.45) is 4.99 Å². The molecular weight excluding hydrogens is 466 g/mol. The topological polar surface area (TPSA) is 80.3 Å². The lowest BCUT2D eigenvalue weighted by Crippen LogP contribution is -2.53. The molecule has 1 aromatic carbocycles. The molecule has 2 aliphatic rings. The first kappa shape index (κ1) is 21.2. The van der Waals surface area contributed by atoms with Crippen molar-refractivity contribution in [3.63, 3.8) is 0 Å². The molecule has 8 nitrogen and oxygen atoms in total. The Kier molecular flexibility index (Phi) is 7.63. The lowest BCUT2D eigenvalue weighted by Gasteiger charge is -2.37. The van der Waals surface area contributed by atoms with Crippen LogP contribution < -0.4 is 15.5 Å². The van der Waals surface area contributed by atoms with E-state index in [-0.39, 0.29) is 48.3 Å². The average Bonchev–Trinajstić information content (AvgIpc) is 2.98. The van der Waals surface area contributed by atoms with Gasteiger partial charge in [-0.3, -0.25) is 14.7 Å². The second-order valence-electron chi connectivity index (χ2n) is 6.10. The van der Waals surface area contributed by atoms with Crippen LogP contribution in [0.5, 0.6) is 0 Å². The van der Waals surface area contributed by atoms with E-state index in [2.05, 4.69) is 20.5 Å². The number of hydrogen-bond donors (Lipinski definition) is 2. The van der Waals surface area contributed by atoms with E-state index in [1.165, 1.54) is 11.0 Å². The molecule has 2 saturated heterocycles. The van der Waals surface area contributed by atoms with Crippen molar-refractivity contribution in [1.82, 2.24) is 20.4 Å². The molecule has 2 aliphatic heterocycles. The summed E-state index contributed by atoms with van der Waals surface area (Å²) in [5, 5.41) is 5.68. The number of nitrogens with zero attached hydrogens (tertiary/aromatic N) is 4. The summed E-state index contributed by atoms with van der Waals surface area (Å²) in [6, 6.07) is 6.42. The molecule has 3 amide bonds. The van der Waals surface area contributed by atoms with E-state index in [1.54, 1.807) is 19.2 Å². The van der Waals surface area contributed by atoms with Crippen LogP contribution in [0.2, 0.25) is 0 Å². The number of nitrogens with one attached hydrogen (secondary N) is 2. The van der Waals surface area contributed by atoms with Gasteiger partial charge >= 0.3 is 6.03 Å². The van der Waals surface area contributed by atoms with E-state index < -0.39 is 0 Å². The zero-order valence-corrected chi connectivity index (χ0v) is 17.5. The lowest BCUT2D eigenvalue weighted by atomic mass is 10.2. The predicted molar refractivity (Wildman–Crippen MR) is 112 cm³/mol. The first-order valence-electron chi connectivity index (χ1n) is 8.63. The molecule has 2 fully saturated rings. The fraction of sp³-hybridized carbons (Fsp3) is 0.471. The van der Waals surface area contributed by atoms with Crippen molar-refractivity contribution < 1.29 is 14.0 Å². The molecule has 0 aliphatic carbocycles. The third-order valence-corrected chi connectivity index (χ3v) is 4.54. The fourth-order valence-electron chi connectivity index (χ4n) is 3.16. The molecular formula is C17H24FIN6O2. The minimum Gasteiger partial charge on any atom is -0.366 e. The van der Waals surface area contributed by atoms with E-state index in [0.717, 1.165) is 0 Å². The van der Waals surface area contributed by atoms with Crippen LogP contribution in [0.4, 0.5) is 14.9 Å². The maximum Gasteiger partial charge on any atom is 0.324 e. The van der Waals surface area contributed by atoms with Gasteiger partial charge in [-0.25, -0.2) is 9.18 Å². The SMILES string of the molecule is CN=C(NCCN1C(=O)CNC1=O)N1CCN(c2ccccc2F)CC1.I. The minimum atomic E-state index is -0.356. The molecule has 27 heavy (non-hydrogen) atoms. The number of imide groups is 1. The van der Waals surface area contributed by atoms with Gasteiger partial charge in [0.15, 0.2) is 5.96 Å². The number of para-hydroxylation sites is 1. The Balaban J connectivity index is 0.00000261. The standard InChI is InChI=1S/C17H23FN6O2.HI/c1-19-16(20-6-7-24-15(25)12-21-17(24)26)23-10-8-22(9-11-23)14-5-3-2-4-13(14)18;/h2-5H,6-12H2,1H3,(H,19,20)(H,21,26);1H. The highest BCUT2D eigenvalue weighted by Gasteiger charge is 2.28. The first-order chi connectivity index (χ1) is 12.6. The van der Waals surface area contributed by atoms with Gasteiger partial charge in [-0.05, 0) is 12.1 Å². The molecule has 10 heteroatoms. The Bertz CT molecular complexity index is 692. The smallest absolute Gasteiger partial charge is 0.324 e. The van der Waals surface area contributed by atoms with E-state index >= 15 is 0 Å². The largest absolute Gasteiger partial charge is 0.366 e. The van der Waals surface area contributed by atoms with Crippen molar-refractivity contribution in [3.8, 4) is 0 Å². The van der Waals surface area contributed by atoms with Crippen LogP contribution in [0, 0.1) is 5.82 Å².